The minimum absolute atomic E-state index is 0.00731. The molecule has 0 unspecified atom stereocenters. The van der Waals surface area contributed by atoms with Crippen LogP contribution in [0.15, 0.2) is 54.6 Å². The number of aldehydes is 1. The number of phenols is 1. The first kappa shape index (κ1) is 42.2. The topological polar surface area (TPSA) is 287 Å². The van der Waals surface area contributed by atoms with Gasteiger partial charge >= 0.3 is 5.97 Å². The Morgan fingerprint density at radius 3 is 1.98 bits per heavy atom. The third kappa shape index (κ3) is 15.2. The average Bonchev–Trinajstić information content (AvgIpc) is 3.11. The Hall–Kier alpha value is -4.94. The van der Waals surface area contributed by atoms with Gasteiger partial charge in [0.15, 0.2) is 6.29 Å². The number of ether oxygens (including phenoxy) is 1. The predicted molar refractivity (Wildman–Crippen MR) is 180 cm³/mol. The van der Waals surface area contributed by atoms with Crippen LogP contribution in [0.3, 0.4) is 0 Å². The highest BCUT2D eigenvalue weighted by atomic mass is 16.5. The van der Waals surface area contributed by atoms with Gasteiger partial charge in [-0.1, -0.05) is 56.3 Å². The number of phenolic OH excluding ortho intramolecular Hbond substituents is 1. The number of carbonyl (C=O) groups excluding carboxylic acids is 6. The molecule has 0 aliphatic heterocycles. The Kier molecular flexibility index (Phi) is 17.6. The molecule has 0 saturated heterocycles. The molecule has 7 atom stereocenters. The van der Waals surface area contributed by atoms with E-state index in [0.29, 0.717) is 11.1 Å². The molecule has 2 aromatic carbocycles. The van der Waals surface area contributed by atoms with Crippen LogP contribution in [0.4, 0.5) is 0 Å². The Bertz CT molecular complexity index is 1440. The van der Waals surface area contributed by atoms with E-state index in [2.05, 4.69) is 21.3 Å². The summed E-state index contributed by atoms with van der Waals surface area (Å²) in [6.07, 6.45) is -7.78. The third-order valence-electron chi connectivity index (χ3n) is 7.47. The van der Waals surface area contributed by atoms with Crippen LogP contribution in [0, 0.1) is 5.92 Å². The van der Waals surface area contributed by atoms with Crippen LogP contribution < -0.4 is 27.0 Å². The Balaban J connectivity index is 2.00. The monoisotopic (exact) mass is 717 g/mol. The zero-order valence-corrected chi connectivity index (χ0v) is 28.3. The SMILES string of the molecule is CC(C)C[C@H](NC(=O)[C@H](Cc1ccccc1)NC(=O)CNC(=O)CNC(=O)[C@@H](N)Cc1ccc(O)cc1)C(=O)OC[C@@H](O)[C@@H](O)[C@H](O)[C@@H](O)C=O. The summed E-state index contributed by atoms with van der Waals surface area (Å²) >= 11 is 0. The van der Waals surface area contributed by atoms with Gasteiger partial charge in [-0.05, 0) is 42.0 Å². The van der Waals surface area contributed by atoms with Crippen molar-refractivity contribution in [3.63, 3.8) is 0 Å². The van der Waals surface area contributed by atoms with Gasteiger partial charge in [0.1, 0.15) is 48.9 Å². The first-order valence-corrected chi connectivity index (χ1v) is 16.2. The van der Waals surface area contributed by atoms with Crippen molar-refractivity contribution in [3.05, 3.63) is 65.7 Å². The number of nitrogens with two attached hydrogens (primary N) is 1. The Labute approximate surface area is 294 Å². The lowest BCUT2D eigenvalue weighted by atomic mass is 10.0. The fraction of sp³-hybridized carbons (Fsp3) is 0.471. The molecule has 4 amide bonds. The van der Waals surface area contributed by atoms with Gasteiger partial charge < -0.3 is 62.1 Å². The maximum atomic E-state index is 13.5. The van der Waals surface area contributed by atoms with Crippen LogP contribution in [0.5, 0.6) is 5.75 Å². The predicted octanol–water partition coefficient (Wildman–Crippen LogP) is -3.06. The molecule has 51 heavy (non-hydrogen) atoms. The molecule has 17 heteroatoms. The van der Waals surface area contributed by atoms with Gasteiger partial charge in [-0.15, -0.1) is 0 Å². The van der Waals surface area contributed by atoms with Crippen LogP contribution in [-0.4, -0.2) is 124 Å². The van der Waals surface area contributed by atoms with Gasteiger partial charge in [-0.2, -0.15) is 0 Å². The number of rotatable bonds is 21. The molecule has 0 fully saturated rings. The number of amides is 4. The number of aliphatic hydroxyl groups is 4. The smallest absolute Gasteiger partial charge is 0.328 e. The lowest BCUT2D eigenvalue weighted by Gasteiger charge is -2.26. The maximum Gasteiger partial charge on any atom is 0.328 e. The summed E-state index contributed by atoms with van der Waals surface area (Å²) < 4.78 is 5.06. The molecule has 0 aliphatic carbocycles. The molecule has 0 saturated carbocycles. The number of aliphatic hydroxyl groups excluding tert-OH is 4. The van der Waals surface area contributed by atoms with Gasteiger partial charge in [0.25, 0.3) is 0 Å². The van der Waals surface area contributed by atoms with Crippen LogP contribution in [0.1, 0.15) is 31.4 Å². The van der Waals surface area contributed by atoms with Crippen molar-refractivity contribution in [1.82, 2.24) is 21.3 Å². The highest BCUT2D eigenvalue weighted by molar-refractivity contribution is 5.93. The number of carbonyl (C=O) groups is 6. The van der Waals surface area contributed by atoms with Crippen molar-refractivity contribution in [1.29, 1.82) is 0 Å². The largest absolute Gasteiger partial charge is 0.508 e. The molecule has 0 aliphatic rings. The van der Waals surface area contributed by atoms with Crippen molar-refractivity contribution in [3.8, 4) is 5.75 Å². The van der Waals surface area contributed by atoms with Gasteiger partial charge in [0.05, 0.1) is 19.1 Å². The van der Waals surface area contributed by atoms with Gasteiger partial charge in [-0.3, -0.25) is 19.2 Å². The van der Waals surface area contributed by atoms with Crippen LogP contribution in [-0.2, 0) is 46.3 Å². The fourth-order valence-electron chi connectivity index (χ4n) is 4.66. The number of esters is 1. The van der Waals surface area contributed by atoms with Crippen LogP contribution in [0.2, 0.25) is 0 Å². The van der Waals surface area contributed by atoms with Crippen molar-refractivity contribution in [2.24, 2.45) is 11.7 Å². The number of aromatic hydroxyl groups is 1. The van der Waals surface area contributed by atoms with E-state index in [4.69, 9.17) is 10.5 Å². The zero-order chi connectivity index (χ0) is 38.1. The van der Waals surface area contributed by atoms with E-state index in [-0.39, 0.29) is 37.2 Å². The number of hydrogen-bond donors (Lipinski definition) is 10. The molecular formula is C34H47N5O12. The zero-order valence-electron chi connectivity index (χ0n) is 28.3. The molecule has 0 bridgehead atoms. The Morgan fingerprint density at radius 1 is 0.765 bits per heavy atom. The van der Waals surface area contributed by atoms with E-state index in [1.807, 2.05) is 0 Å². The molecule has 0 radical (unpaired) electrons. The van der Waals surface area contributed by atoms with Crippen molar-refractivity contribution >= 4 is 35.9 Å². The number of benzene rings is 2. The average molecular weight is 718 g/mol. The summed E-state index contributed by atoms with van der Waals surface area (Å²) in [5.74, 6) is -3.95. The molecule has 2 rings (SSSR count). The first-order chi connectivity index (χ1) is 24.1. The Morgan fingerprint density at radius 2 is 1.37 bits per heavy atom. The number of hydrogen-bond acceptors (Lipinski definition) is 13. The molecule has 17 nitrogen and oxygen atoms in total. The van der Waals surface area contributed by atoms with E-state index in [1.54, 1.807) is 56.3 Å². The van der Waals surface area contributed by atoms with Crippen LogP contribution >= 0.6 is 0 Å². The summed E-state index contributed by atoms with van der Waals surface area (Å²) in [4.78, 5) is 74.7. The summed E-state index contributed by atoms with van der Waals surface area (Å²) in [6.45, 7) is 1.64. The minimum atomic E-state index is -2.05. The molecule has 0 heterocycles. The van der Waals surface area contributed by atoms with E-state index in [0.717, 1.165) is 0 Å². The van der Waals surface area contributed by atoms with E-state index in [1.165, 1.54) is 12.1 Å². The molecular weight excluding hydrogens is 670 g/mol. The lowest BCUT2D eigenvalue weighted by Crippen LogP contribution is -2.55. The van der Waals surface area contributed by atoms with E-state index < -0.39 is 91.8 Å². The quantitative estimate of drug-likeness (QED) is 0.0454. The van der Waals surface area contributed by atoms with E-state index >= 15 is 0 Å². The molecule has 2 aromatic rings. The first-order valence-electron chi connectivity index (χ1n) is 16.2. The fourth-order valence-corrected chi connectivity index (χ4v) is 4.66. The standard InChI is InChI=1S/C34H47N5O12/c1-19(2)12-25(34(50)51-18-27(43)31(47)30(46)26(42)17-40)39-33(49)24(14-20-6-4-3-5-7-20)38-29(45)16-36-28(44)15-37-32(48)23(35)13-21-8-10-22(41)11-9-21/h3-11,17,19,23-27,30-31,41-43,46-47H,12-16,18,35H2,1-2H3,(H,36,44)(H,37,48)(H,38,45)(H,39,49)/t23-,24-,25-,26-,27+,30+,31+/m0/s1. The summed E-state index contributed by atoms with van der Waals surface area (Å²) in [6, 6.07) is 11.3. The molecule has 0 spiro atoms. The second kappa shape index (κ2) is 21.3. The normalized spacial score (nSPS) is 15.2. The van der Waals surface area contributed by atoms with Crippen LogP contribution in [0.25, 0.3) is 0 Å². The molecule has 0 aromatic heterocycles. The van der Waals surface area contributed by atoms with Gasteiger partial charge in [0, 0.05) is 6.42 Å². The second-order valence-corrected chi connectivity index (χ2v) is 12.3. The summed E-state index contributed by atoms with van der Waals surface area (Å²) in [5, 5.41) is 58.4. The lowest BCUT2D eigenvalue weighted by molar-refractivity contribution is -0.159. The molecule has 11 N–H and O–H groups in total. The van der Waals surface area contributed by atoms with Crippen molar-refractivity contribution < 1.29 is 59.0 Å². The van der Waals surface area contributed by atoms with Crippen molar-refractivity contribution in [2.75, 3.05) is 19.7 Å². The summed E-state index contributed by atoms with van der Waals surface area (Å²) in [7, 11) is 0. The second-order valence-electron chi connectivity index (χ2n) is 12.3. The third-order valence-corrected chi connectivity index (χ3v) is 7.47. The highest BCUT2D eigenvalue weighted by Crippen LogP contribution is 2.12. The maximum absolute atomic E-state index is 13.5. The van der Waals surface area contributed by atoms with Gasteiger partial charge in [0.2, 0.25) is 23.6 Å². The minimum Gasteiger partial charge on any atom is -0.508 e. The number of nitrogens with one attached hydrogen (secondary N) is 4. The van der Waals surface area contributed by atoms with E-state index in [9.17, 15) is 54.3 Å². The van der Waals surface area contributed by atoms with Crippen molar-refractivity contribution in [2.45, 2.75) is 75.7 Å². The highest BCUT2D eigenvalue weighted by Gasteiger charge is 2.33. The summed E-state index contributed by atoms with van der Waals surface area (Å²) in [5.41, 5.74) is 7.26. The van der Waals surface area contributed by atoms with Gasteiger partial charge in [-0.25, -0.2) is 4.79 Å². The molecule has 280 valence electrons.